The molecule has 0 aliphatic rings. The molecule has 1 amide bonds. The number of ether oxygens (including phenoxy) is 2. The predicted molar refractivity (Wildman–Crippen MR) is 88.2 cm³/mol. The van der Waals surface area contributed by atoms with E-state index in [2.05, 4.69) is 5.32 Å². The van der Waals surface area contributed by atoms with E-state index in [1.54, 1.807) is 14.0 Å². The fourth-order valence-electron chi connectivity index (χ4n) is 2.07. The van der Waals surface area contributed by atoms with Crippen LogP contribution in [0.25, 0.3) is 0 Å². The van der Waals surface area contributed by atoms with Crippen LogP contribution in [0.4, 0.5) is 5.69 Å². The van der Waals surface area contributed by atoms with Gasteiger partial charge in [-0.3, -0.25) is 14.9 Å². The summed E-state index contributed by atoms with van der Waals surface area (Å²) in [5.74, 6) is 0.890. The van der Waals surface area contributed by atoms with Crippen LogP contribution in [0, 0.1) is 17.0 Å². The summed E-state index contributed by atoms with van der Waals surface area (Å²) in [4.78, 5) is 22.1. The van der Waals surface area contributed by atoms with Gasteiger partial charge in [0, 0.05) is 18.2 Å². The molecule has 2 aromatic carbocycles. The number of carbonyl (C=O) groups is 1. The number of carbonyl (C=O) groups excluding carboxylic acids is 1. The summed E-state index contributed by atoms with van der Waals surface area (Å²) >= 11 is 0. The number of nitrogens with zero attached hydrogens (tertiary/aromatic N) is 1. The minimum Gasteiger partial charge on any atom is -0.497 e. The van der Waals surface area contributed by atoms with Crippen molar-refractivity contribution >= 4 is 11.6 Å². The van der Waals surface area contributed by atoms with Crippen molar-refractivity contribution in [3.8, 4) is 11.5 Å². The summed E-state index contributed by atoms with van der Waals surface area (Å²) in [6.07, 6.45) is 0. The molecule has 0 unspecified atom stereocenters. The predicted octanol–water partition coefficient (Wildman–Crippen LogP) is 2.61. The van der Waals surface area contributed by atoms with Gasteiger partial charge in [0.05, 0.1) is 12.0 Å². The third-order valence-electron chi connectivity index (χ3n) is 3.38. The highest BCUT2D eigenvalue weighted by atomic mass is 16.6. The third kappa shape index (κ3) is 4.70. The lowest BCUT2D eigenvalue weighted by Crippen LogP contribution is -2.28. The van der Waals surface area contributed by atoms with Gasteiger partial charge in [0.25, 0.3) is 11.6 Å². The lowest BCUT2D eigenvalue weighted by atomic mass is 10.2. The molecular formula is C17H18N2O5. The monoisotopic (exact) mass is 330 g/mol. The maximum atomic E-state index is 11.8. The van der Waals surface area contributed by atoms with Gasteiger partial charge in [0.2, 0.25) is 0 Å². The summed E-state index contributed by atoms with van der Waals surface area (Å²) in [5, 5.41) is 13.5. The fourth-order valence-corrected chi connectivity index (χ4v) is 2.07. The Morgan fingerprint density at radius 1 is 1.17 bits per heavy atom. The molecule has 1 N–H and O–H groups in total. The van der Waals surface area contributed by atoms with E-state index in [-0.39, 0.29) is 18.2 Å². The zero-order valence-corrected chi connectivity index (χ0v) is 13.4. The van der Waals surface area contributed by atoms with E-state index in [1.165, 1.54) is 18.2 Å². The van der Waals surface area contributed by atoms with E-state index in [0.29, 0.717) is 17.9 Å². The number of benzene rings is 2. The Morgan fingerprint density at radius 3 is 2.42 bits per heavy atom. The molecule has 0 aliphatic carbocycles. The van der Waals surface area contributed by atoms with Crippen LogP contribution in [-0.4, -0.2) is 24.5 Å². The minimum atomic E-state index is -0.458. The van der Waals surface area contributed by atoms with Crippen LogP contribution in [0.2, 0.25) is 0 Å². The molecule has 0 atom stereocenters. The number of hydrogen-bond acceptors (Lipinski definition) is 5. The average Bonchev–Trinajstić information content (AvgIpc) is 2.58. The fraction of sp³-hybridized carbons (Fsp3) is 0.235. The first-order valence-electron chi connectivity index (χ1n) is 7.27. The van der Waals surface area contributed by atoms with E-state index < -0.39 is 4.92 Å². The Bertz CT molecular complexity index is 728. The molecule has 0 bridgehead atoms. The van der Waals surface area contributed by atoms with E-state index in [1.807, 2.05) is 24.3 Å². The van der Waals surface area contributed by atoms with Crippen LogP contribution in [0.15, 0.2) is 42.5 Å². The second kappa shape index (κ2) is 7.96. The molecule has 7 heteroatoms. The van der Waals surface area contributed by atoms with Crippen LogP contribution in [0.5, 0.6) is 11.5 Å². The standard InChI is InChI=1S/C17H18N2O5/c1-12-9-15(7-8-16(12)19(21)22)24-11-17(20)18-10-13-3-5-14(23-2)6-4-13/h3-9H,10-11H2,1-2H3,(H,18,20). The summed E-state index contributed by atoms with van der Waals surface area (Å²) in [7, 11) is 1.59. The number of rotatable bonds is 7. The highest BCUT2D eigenvalue weighted by Crippen LogP contribution is 2.22. The average molecular weight is 330 g/mol. The van der Waals surface area contributed by atoms with Gasteiger partial charge in [-0.05, 0) is 36.8 Å². The molecule has 126 valence electrons. The van der Waals surface area contributed by atoms with Crippen LogP contribution >= 0.6 is 0 Å². The van der Waals surface area contributed by atoms with Crippen molar-refractivity contribution in [1.82, 2.24) is 5.32 Å². The molecule has 7 nitrogen and oxygen atoms in total. The van der Waals surface area contributed by atoms with Crippen molar-refractivity contribution in [2.45, 2.75) is 13.5 Å². The van der Waals surface area contributed by atoms with Gasteiger partial charge < -0.3 is 14.8 Å². The summed E-state index contributed by atoms with van der Waals surface area (Å²) in [5.41, 5.74) is 1.44. The lowest BCUT2D eigenvalue weighted by molar-refractivity contribution is -0.385. The summed E-state index contributed by atoms with van der Waals surface area (Å²) < 4.78 is 10.4. The quantitative estimate of drug-likeness (QED) is 0.622. The largest absolute Gasteiger partial charge is 0.497 e. The first-order valence-corrected chi connectivity index (χ1v) is 7.27. The van der Waals surface area contributed by atoms with Gasteiger partial charge in [-0.2, -0.15) is 0 Å². The molecule has 0 saturated carbocycles. The summed E-state index contributed by atoms with van der Waals surface area (Å²) in [6, 6.07) is 11.7. The van der Waals surface area contributed by atoms with Crippen molar-refractivity contribution in [1.29, 1.82) is 0 Å². The molecule has 24 heavy (non-hydrogen) atoms. The van der Waals surface area contributed by atoms with Crippen LogP contribution in [0.3, 0.4) is 0 Å². The first-order chi connectivity index (χ1) is 11.5. The van der Waals surface area contributed by atoms with Gasteiger partial charge >= 0.3 is 0 Å². The molecule has 0 heterocycles. The first kappa shape index (κ1) is 17.3. The number of nitro groups is 1. The SMILES string of the molecule is COc1ccc(CNC(=O)COc2ccc([N+](=O)[O-])c(C)c2)cc1. The van der Waals surface area contributed by atoms with Crippen molar-refractivity contribution in [3.05, 3.63) is 63.7 Å². The van der Waals surface area contributed by atoms with Gasteiger partial charge in [-0.25, -0.2) is 0 Å². The molecular weight excluding hydrogens is 312 g/mol. The lowest BCUT2D eigenvalue weighted by Gasteiger charge is -2.09. The second-order valence-corrected chi connectivity index (χ2v) is 5.12. The Balaban J connectivity index is 1.82. The number of nitro benzene ring substituents is 1. The molecule has 0 saturated heterocycles. The van der Waals surface area contributed by atoms with E-state index in [9.17, 15) is 14.9 Å². The van der Waals surface area contributed by atoms with Gasteiger partial charge in [0.15, 0.2) is 6.61 Å². The number of methoxy groups -OCH3 is 1. The molecule has 2 aromatic rings. The Labute approximate surface area is 139 Å². The maximum absolute atomic E-state index is 11.8. The normalized spacial score (nSPS) is 10.1. The van der Waals surface area contributed by atoms with Crippen molar-refractivity contribution in [3.63, 3.8) is 0 Å². The Morgan fingerprint density at radius 2 is 1.83 bits per heavy atom. The van der Waals surface area contributed by atoms with E-state index in [4.69, 9.17) is 9.47 Å². The Hall–Kier alpha value is -3.09. The maximum Gasteiger partial charge on any atom is 0.272 e. The second-order valence-electron chi connectivity index (χ2n) is 5.12. The van der Waals surface area contributed by atoms with Gasteiger partial charge in [-0.1, -0.05) is 12.1 Å². The molecule has 0 spiro atoms. The molecule has 0 radical (unpaired) electrons. The van der Waals surface area contributed by atoms with Crippen LogP contribution < -0.4 is 14.8 Å². The smallest absolute Gasteiger partial charge is 0.272 e. The minimum absolute atomic E-state index is 0.0197. The molecule has 0 fully saturated rings. The number of hydrogen-bond donors (Lipinski definition) is 1. The highest BCUT2D eigenvalue weighted by Gasteiger charge is 2.11. The van der Waals surface area contributed by atoms with Crippen molar-refractivity contribution in [2.75, 3.05) is 13.7 Å². The zero-order valence-electron chi connectivity index (χ0n) is 13.4. The van der Waals surface area contributed by atoms with Gasteiger partial charge in [0.1, 0.15) is 11.5 Å². The number of nitrogens with one attached hydrogen (secondary N) is 1. The van der Waals surface area contributed by atoms with Crippen molar-refractivity contribution < 1.29 is 19.2 Å². The third-order valence-corrected chi connectivity index (χ3v) is 3.38. The molecule has 2 rings (SSSR count). The highest BCUT2D eigenvalue weighted by molar-refractivity contribution is 5.77. The summed E-state index contributed by atoms with van der Waals surface area (Å²) in [6.45, 7) is 1.84. The van der Waals surface area contributed by atoms with E-state index in [0.717, 1.165) is 11.3 Å². The molecule has 0 aliphatic heterocycles. The molecule has 0 aromatic heterocycles. The zero-order chi connectivity index (χ0) is 17.5. The Kier molecular flexibility index (Phi) is 5.73. The topological polar surface area (TPSA) is 90.7 Å². The number of amides is 1. The van der Waals surface area contributed by atoms with E-state index >= 15 is 0 Å². The van der Waals surface area contributed by atoms with Crippen molar-refractivity contribution in [2.24, 2.45) is 0 Å². The van der Waals surface area contributed by atoms with Crippen LogP contribution in [-0.2, 0) is 11.3 Å². The van der Waals surface area contributed by atoms with Gasteiger partial charge in [-0.15, -0.1) is 0 Å². The number of aryl methyl sites for hydroxylation is 1. The van der Waals surface area contributed by atoms with Crippen LogP contribution in [0.1, 0.15) is 11.1 Å².